The van der Waals surface area contributed by atoms with Gasteiger partial charge in [0.05, 0.1) is 23.7 Å². The first-order chi connectivity index (χ1) is 14.3. The highest BCUT2D eigenvalue weighted by atomic mass is 32.1. The number of likely N-dealkylation sites (tertiary alicyclic amines) is 1. The molecular formula is C21H22F3N3O2S. The number of fused-ring (bicyclic) bond motifs is 1. The molecule has 30 heavy (non-hydrogen) atoms. The van der Waals surface area contributed by atoms with E-state index in [1.54, 1.807) is 15.9 Å². The number of halogens is 3. The number of nitrogens with zero attached hydrogens (tertiary/aromatic N) is 3. The summed E-state index contributed by atoms with van der Waals surface area (Å²) in [5.74, 6) is -0.319. The Hall–Kier alpha value is -2.42. The van der Waals surface area contributed by atoms with Gasteiger partial charge in [0.15, 0.2) is 0 Å². The summed E-state index contributed by atoms with van der Waals surface area (Å²) < 4.78 is 39.0. The van der Waals surface area contributed by atoms with Crippen LogP contribution in [0, 0.1) is 5.92 Å². The lowest BCUT2D eigenvalue weighted by Crippen LogP contribution is -2.40. The molecule has 160 valence electrons. The number of hydrogen-bond donors (Lipinski definition) is 0. The monoisotopic (exact) mass is 437 g/mol. The molecule has 1 fully saturated rings. The fourth-order valence-electron chi connectivity index (χ4n) is 4.02. The van der Waals surface area contributed by atoms with Crippen molar-refractivity contribution >= 4 is 23.2 Å². The minimum atomic E-state index is -4.40. The third-order valence-corrected chi connectivity index (χ3v) is 6.67. The second kappa shape index (κ2) is 8.02. The second-order valence-electron chi connectivity index (χ2n) is 7.72. The summed E-state index contributed by atoms with van der Waals surface area (Å²) in [7, 11) is 0. The fraction of sp³-hybridized carbons (Fsp3) is 0.476. The third kappa shape index (κ3) is 4.08. The van der Waals surface area contributed by atoms with Gasteiger partial charge in [-0.25, -0.2) is 4.98 Å². The van der Waals surface area contributed by atoms with E-state index in [1.165, 1.54) is 17.4 Å². The number of hydrogen-bond acceptors (Lipinski definition) is 4. The molecule has 0 radical (unpaired) electrons. The van der Waals surface area contributed by atoms with Crippen molar-refractivity contribution in [2.75, 3.05) is 19.6 Å². The lowest BCUT2D eigenvalue weighted by Gasteiger charge is -2.28. The van der Waals surface area contributed by atoms with Gasteiger partial charge in [-0.2, -0.15) is 13.2 Å². The van der Waals surface area contributed by atoms with Crippen LogP contribution in [0.1, 0.15) is 35.9 Å². The van der Waals surface area contributed by atoms with Crippen molar-refractivity contribution in [3.63, 3.8) is 0 Å². The van der Waals surface area contributed by atoms with E-state index < -0.39 is 11.7 Å². The van der Waals surface area contributed by atoms with Gasteiger partial charge in [-0.1, -0.05) is 19.1 Å². The van der Waals surface area contributed by atoms with Crippen molar-refractivity contribution in [1.82, 2.24) is 14.8 Å². The van der Waals surface area contributed by atoms with E-state index in [2.05, 4.69) is 4.98 Å². The molecule has 0 bridgehead atoms. The molecule has 1 aromatic heterocycles. The van der Waals surface area contributed by atoms with Gasteiger partial charge >= 0.3 is 6.18 Å². The number of rotatable bonds is 4. The maximum absolute atomic E-state index is 13.0. The number of amides is 2. The molecule has 2 aromatic rings. The van der Waals surface area contributed by atoms with E-state index in [4.69, 9.17) is 0 Å². The zero-order valence-electron chi connectivity index (χ0n) is 16.5. The van der Waals surface area contributed by atoms with Gasteiger partial charge in [0, 0.05) is 42.9 Å². The van der Waals surface area contributed by atoms with Crippen LogP contribution in [0.2, 0.25) is 0 Å². The average Bonchev–Trinajstić information content (AvgIpc) is 3.30. The molecular weight excluding hydrogens is 415 g/mol. The molecule has 2 amide bonds. The zero-order chi connectivity index (χ0) is 21.5. The van der Waals surface area contributed by atoms with Crippen LogP contribution in [0.4, 0.5) is 13.2 Å². The maximum Gasteiger partial charge on any atom is 0.416 e. The topological polar surface area (TPSA) is 53.5 Å². The molecule has 0 saturated carbocycles. The highest BCUT2D eigenvalue weighted by Gasteiger charge is 2.37. The molecule has 9 heteroatoms. The Morgan fingerprint density at radius 2 is 2.13 bits per heavy atom. The number of thiazole rings is 1. The Bertz CT molecular complexity index is 973. The second-order valence-corrected chi connectivity index (χ2v) is 8.80. The van der Waals surface area contributed by atoms with Crippen molar-refractivity contribution in [2.24, 2.45) is 5.92 Å². The molecule has 1 aromatic carbocycles. The number of alkyl halides is 3. The average molecular weight is 437 g/mol. The fourth-order valence-corrected chi connectivity index (χ4v) is 5.14. The van der Waals surface area contributed by atoms with Crippen molar-refractivity contribution < 1.29 is 22.8 Å². The molecule has 3 heterocycles. The van der Waals surface area contributed by atoms with Crippen LogP contribution < -0.4 is 0 Å². The lowest BCUT2D eigenvalue weighted by atomic mass is 10.1. The Balaban J connectivity index is 1.49. The normalized spacial score (nSPS) is 19.3. The molecule has 4 rings (SSSR count). The maximum atomic E-state index is 13.0. The molecule has 0 N–H and O–H groups in total. The summed E-state index contributed by atoms with van der Waals surface area (Å²) in [4.78, 5) is 34.0. The van der Waals surface area contributed by atoms with Gasteiger partial charge in [0.1, 0.15) is 5.01 Å². The standard InChI is InChI=1S/C21H22F3N3O2S/c1-2-7-26-11-14(10-18(26)28)20(29)27-8-6-16-17(12-27)30-19(25-16)13-4-3-5-15(9-13)21(22,23)24/h3-5,9,14H,2,6-8,10-12H2,1H3/t14-/m0/s1. The van der Waals surface area contributed by atoms with Gasteiger partial charge in [0.2, 0.25) is 11.8 Å². The van der Waals surface area contributed by atoms with Gasteiger partial charge in [-0.15, -0.1) is 11.3 Å². The Morgan fingerprint density at radius 1 is 1.33 bits per heavy atom. The van der Waals surface area contributed by atoms with E-state index >= 15 is 0 Å². The van der Waals surface area contributed by atoms with E-state index in [0.29, 0.717) is 43.2 Å². The third-order valence-electron chi connectivity index (χ3n) is 5.54. The van der Waals surface area contributed by atoms with E-state index in [0.717, 1.165) is 29.1 Å². The molecule has 2 aliphatic rings. The van der Waals surface area contributed by atoms with Crippen LogP contribution in [0.25, 0.3) is 10.6 Å². The van der Waals surface area contributed by atoms with Crippen LogP contribution in [-0.2, 0) is 28.7 Å². The number of aromatic nitrogens is 1. The highest BCUT2D eigenvalue weighted by molar-refractivity contribution is 7.15. The SMILES string of the molecule is CCCN1C[C@@H](C(=O)N2CCc3nc(-c4cccc(C(F)(F)F)c4)sc3C2)CC1=O. The van der Waals surface area contributed by atoms with E-state index in [9.17, 15) is 22.8 Å². The zero-order valence-corrected chi connectivity index (χ0v) is 17.4. The van der Waals surface area contributed by atoms with Gasteiger partial charge in [-0.05, 0) is 18.6 Å². The number of carbonyl (C=O) groups is 2. The van der Waals surface area contributed by atoms with Crippen molar-refractivity contribution in [1.29, 1.82) is 0 Å². The highest BCUT2D eigenvalue weighted by Crippen LogP contribution is 2.36. The summed E-state index contributed by atoms with van der Waals surface area (Å²) in [5, 5.41) is 0.533. The quantitative estimate of drug-likeness (QED) is 0.727. The summed E-state index contributed by atoms with van der Waals surface area (Å²) in [6.45, 7) is 4.04. The van der Waals surface area contributed by atoms with Gasteiger partial charge < -0.3 is 9.80 Å². The molecule has 1 saturated heterocycles. The first kappa shape index (κ1) is 20.8. The molecule has 0 spiro atoms. The molecule has 0 aliphatic carbocycles. The Labute approximate surface area is 176 Å². The minimum absolute atomic E-state index is 0.0255. The van der Waals surface area contributed by atoms with Crippen LogP contribution in [0.15, 0.2) is 24.3 Å². The first-order valence-electron chi connectivity index (χ1n) is 9.99. The molecule has 1 atom stereocenters. The van der Waals surface area contributed by atoms with Gasteiger partial charge in [0.25, 0.3) is 0 Å². The largest absolute Gasteiger partial charge is 0.416 e. The van der Waals surface area contributed by atoms with Crippen LogP contribution in [-0.4, -0.2) is 46.2 Å². The van der Waals surface area contributed by atoms with Crippen LogP contribution in [0.5, 0.6) is 0 Å². The molecule has 5 nitrogen and oxygen atoms in total. The molecule has 2 aliphatic heterocycles. The van der Waals surface area contributed by atoms with E-state index in [1.807, 2.05) is 6.92 Å². The van der Waals surface area contributed by atoms with Gasteiger partial charge in [-0.3, -0.25) is 9.59 Å². The summed E-state index contributed by atoms with van der Waals surface area (Å²) >= 11 is 1.33. The lowest BCUT2D eigenvalue weighted by molar-refractivity contribution is -0.137. The van der Waals surface area contributed by atoms with E-state index in [-0.39, 0.29) is 24.2 Å². The minimum Gasteiger partial charge on any atom is -0.342 e. The predicted octanol–water partition coefficient (Wildman–Crippen LogP) is 3.97. The summed E-state index contributed by atoms with van der Waals surface area (Å²) in [6, 6.07) is 5.16. The number of benzene rings is 1. The Morgan fingerprint density at radius 3 is 2.87 bits per heavy atom. The van der Waals surface area contributed by atoms with Crippen molar-refractivity contribution in [3.05, 3.63) is 40.4 Å². The van der Waals surface area contributed by atoms with Crippen molar-refractivity contribution in [2.45, 2.75) is 38.9 Å². The predicted molar refractivity (Wildman–Crippen MR) is 107 cm³/mol. The first-order valence-corrected chi connectivity index (χ1v) is 10.8. The summed E-state index contributed by atoms with van der Waals surface area (Å²) in [5.41, 5.74) is 0.567. The van der Waals surface area contributed by atoms with Crippen LogP contribution in [0.3, 0.4) is 0 Å². The summed E-state index contributed by atoms with van der Waals surface area (Å²) in [6.07, 6.45) is -2.73. The molecule has 0 unspecified atom stereocenters. The Kier molecular flexibility index (Phi) is 5.57. The smallest absolute Gasteiger partial charge is 0.342 e. The van der Waals surface area contributed by atoms with Crippen molar-refractivity contribution in [3.8, 4) is 10.6 Å². The number of carbonyl (C=O) groups excluding carboxylic acids is 2. The van der Waals surface area contributed by atoms with Crippen LogP contribution >= 0.6 is 11.3 Å².